The normalized spacial score (nSPS) is 12.0. The van der Waals surface area contributed by atoms with Crippen molar-refractivity contribution in [1.29, 1.82) is 0 Å². The lowest BCUT2D eigenvalue weighted by Gasteiger charge is -2.33. The molecule has 1 atom stereocenters. The average molecular weight is 556 g/mol. The number of hydrogen-bond acceptors (Lipinski definition) is 4. The predicted octanol–water partition coefficient (Wildman–Crippen LogP) is 5.10. The Kier molecular flexibility index (Phi) is 9.94. The first kappa shape index (κ1) is 29.2. The van der Waals surface area contributed by atoms with Gasteiger partial charge in [0.25, 0.3) is 10.0 Å². The summed E-state index contributed by atoms with van der Waals surface area (Å²) >= 11 is 6.04. The number of carbonyl (C=O) groups excluding carboxylic acids is 2. The number of halogens is 1. The third-order valence-corrected chi connectivity index (χ3v) is 8.22. The standard InChI is InChI=1S/C29H34ClN3O4S/c1-5-27(29(35)31-6-2)32(19-23-12-14-24(30)15-13-23)28(34)20-33(25-9-7-8-22(4)18-25)38(36,37)26-16-10-21(3)11-17-26/h7-18,27H,5-6,19-20H2,1-4H3,(H,31,35)/t27-/m0/s1. The van der Waals surface area contributed by atoms with Crippen molar-refractivity contribution in [1.82, 2.24) is 10.2 Å². The van der Waals surface area contributed by atoms with Crippen molar-refractivity contribution in [3.8, 4) is 0 Å². The van der Waals surface area contributed by atoms with E-state index in [9.17, 15) is 18.0 Å². The van der Waals surface area contributed by atoms with Crippen LogP contribution in [0.4, 0.5) is 5.69 Å². The molecule has 38 heavy (non-hydrogen) atoms. The number of amides is 2. The number of nitrogens with zero attached hydrogens (tertiary/aromatic N) is 2. The zero-order valence-electron chi connectivity index (χ0n) is 22.1. The van der Waals surface area contributed by atoms with E-state index < -0.39 is 28.5 Å². The third-order valence-electron chi connectivity index (χ3n) is 6.18. The Morgan fingerprint density at radius 2 is 1.58 bits per heavy atom. The topological polar surface area (TPSA) is 86.8 Å². The van der Waals surface area contributed by atoms with Crippen molar-refractivity contribution in [3.05, 3.63) is 94.5 Å². The fourth-order valence-corrected chi connectivity index (χ4v) is 5.68. The molecular formula is C29H34ClN3O4S. The Morgan fingerprint density at radius 3 is 2.16 bits per heavy atom. The second-order valence-corrected chi connectivity index (χ2v) is 11.4. The van der Waals surface area contributed by atoms with Crippen LogP contribution in [0.25, 0.3) is 0 Å². The van der Waals surface area contributed by atoms with Crippen molar-refractivity contribution in [2.24, 2.45) is 0 Å². The molecule has 1 N–H and O–H groups in total. The Balaban J connectivity index is 2.05. The maximum Gasteiger partial charge on any atom is 0.264 e. The lowest BCUT2D eigenvalue weighted by molar-refractivity contribution is -0.140. The molecule has 0 aliphatic rings. The fourth-order valence-electron chi connectivity index (χ4n) is 4.15. The highest BCUT2D eigenvalue weighted by Gasteiger charge is 2.33. The number of carbonyl (C=O) groups is 2. The molecular weight excluding hydrogens is 522 g/mol. The van der Waals surface area contributed by atoms with Crippen LogP contribution in [0, 0.1) is 13.8 Å². The summed E-state index contributed by atoms with van der Waals surface area (Å²) in [5.41, 5.74) is 2.92. The molecule has 0 aliphatic heterocycles. The van der Waals surface area contributed by atoms with Crippen molar-refractivity contribution in [2.75, 3.05) is 17.4 Å². The van der Waals surface area contributed by atoms with E-state index >= 15 is 0 Å². The number of aryl methyl sites for hydroxylation is 2. The molecule has 0 unspecified atom stereocenters. The number of benzene rings is 3. The molecule has 0 fully saturated rings. The van der Waals surface area contributed by atoms with E-state index in [-0.39, 0.29) is 17.3 Å². The molecule has 0 saturated carbocycles. The highest BCUT2D eigenvalue weighted by Crippen LogP contribution is 2.26. The molecule has 0 radical (unpaired) electrons. The van der Waals surface area contributed by atoms with E-state index in [0.29, 0.717) is 23.7 Å². The quantitative estimate of drug-likeness (QED) is 0.357. The van der Waals surface area contributed by atoms with Crippen LogP contribution >= 0.6 is 11.6 Å². The monoisotopic (exact) mass is 555 g/mol. The molecule has 7 nitrogen and oxygen atoms in total. The Hall–Kier alpha value is -3.36. The SMILES string of the molecule is CCNC(=O)[C@H](CC)N(Cc1ccc(Cl)cc1)C(=O)CN(c1cccc(C)c1)S(=O)(=O)c1ccc(C)cc1. The number of hydrogen-bond donors (Lipinski definition) is 1. The number of likely N-dealkylation sites (N-methyl/N-ethyl adjacent to an activating group) is 1. The Labute approximate surface area is 230 Å². The van der Waals surface area contributed by atoms with E-state index in [0.717, 1.165) is 21.0 Å². The highest BCUT2D eigenvalue weighted by atomic mass is 35.5. The minimum atomic E-state index is -4.09. The largest absolute Gasteiger partial charge is 0.355 e. The van der Waals surface area contributed by atoms with Crippen molar-refractivity contribution in [2.45, 2.75) is 51.6 Å². The Morgan fingerprint density at radius 1 is 0.921 bits per heavy atom. The van der Waals surface area contributed by atoms with Gasteiger partial charge in [-0.3, -0.25) is 13.9 Å². The van der Waals surface area contributed by atoms with Crippen LogP contribution in [-0.4, -0.2) is 44.3 Å². The molecule has 0 heterocycles. The summed E-state index contributed by atoms with van der Waals surface area (Å²) in [5.74, 6) is -0.781. The molecule has 0 bridgehead atoms. The number of anilines is 1. The maximum absolute atomic E-state index is 13.9. The maximum atomic E-state index is 13.9. The fraction of sp³-hybridized carbons (Fsp3) is 0.310. The van der Waals surface area contributed by atoms with Gasteiger partial charge >= 0.3 is 0 Å². The molecule has 9 heteroatoms. The van der Waals surface area contributed by atoms with Gasteiger partial charge in [0.05, 0.1) is 10.6 Å². The van der Waals surface area contributed by atoms with Gasteiger partial charge in [0.1, 0.15) is 12.6 Å². The molecule has 3 aromatic rings. The van der Waals surface area contributed by atoms with Crippen LogP contribution in [0.15, 0.2) is 77.7 Å². The summed E-state index contributed by atoms with van der Waals surface area (Å²) < 4.78 is 28.8. The van der Waals surface area contributed by atoms with Crippen LogP contribution in [0.5, 0.6) is 0 Å². The molecule has 3 rings (SSSR count). The van der Waals surface area contributed by atoms with E-state index in [1.165, 1.54) is 17.0 Å². The first-order valence-electron chi connectivity index (χ1n) is 12.5. The van der Waals surface area contributed by atoms with Crippen molar-refractivity contribution >= 4 is 39.1 Å². The van der Waals surface area contributed by atoms with Gasteiger partial charge in [-0.25, -0.2) is 8.42 Å². The molecule has 3 aromatic carbocycles. The summed E-state index contributed by atoms with van der Waals surface area (Å²) in [4.78, 5) is 28.4. The van der Waals surface area contributed by atoms with Crippen LogP contribution in [0.1, 0.15) is 37.0 Å². The molecule has 0 aromatic heterocycles. The summed E-state index contributed by atoms with van der Waals surface area (Å²) in [6, 6.07) is 19.7. The van der Waals surface area contributed by atoms with Gasteiger partial charge in [-0.15, -0.1) is 0 Å². The van der Waals surface area contributed by atoms with E-state index in [1.54, 1.807) is 54.6 Å². The molecule has 0 aliphatic carbocycles. The van der Waals surface area contributed by atoms with Crippen LogP contribution in [0.2, 0.25) is 5.02 Å². The minimum absolute atomic E-state index is 0.0809. The average Bonchev–Trinajstić information content (AvgIpc) is 2.88. The van der Waals surface area contributed by atoms with Crippen molar-refractivity contribution < 1.29 is 18.0 Å². The summed E-state index contributed by atoms with van der Waals surface area (Å²) in [6.45, 7) is 7.43. The van der Waals surface area contributed by atoms with Crippen LogP contribution in [-0.2, 0) is 26.2 Å². The van der Waals surface area contributed by atoms with E-state index in [4.69, 9.17) is 11.6 Å². The van der Waals surface area contributed by atoms with Gasteiger partial charge in [-0.05, 0) is 74.7 Å². The second-order valence-electron chi connectivity index (χ2n) is 9.13. The van der Waals surface area contributed by atoms with Gasteiger partial charge in [0, 0.05) is 18.1 Å². The molecule has 202 valence electrons. The Bertz CT molecular complexity index is 1360. The van der Waals surface area contributed by atoms with Gasteiger partial charge in [0.15, 0.2) is 0 Å². The third kappa shape index (κ3) is 7.14. The number of nitrogens with one attached hydrogen (secondary N) is 1. The van der Waals surface area contributed by atoms with Gasteiger partial charge in [-0.2, -0.15) is 0 Å². The zero-order chi connectivity index (χ0) is 27.9. The molecule has 0 saturated heterocycles. The predicted molar refractivity (Wildman–Crippen MR) is 152 cm³/mol. The number of sulfonamides is 1. The lowest BCUT2D eigenvalue weighted by Crippen LogP contribution is -2.52. The van der Waals surface area contributed by atoms with Gasteiger partial charge in [-0.1, -0.05) is 60.5 Å². The van der Waals surface area contributed by atoms with Gasteiger partial charge in [0.2, 0.25) is 11.8 Å². The first-order valence-corrected chi connectivity index (χ1v) is 14.4. The van der Waals surface area contributed by atoms with Crippen LogP contribution < -0.4 is 9.62 Å². The van der Waals surface area contributed by atoms with E-state index in [2.05, 4.69) is 5.32 Å². The van der Waals surface area contributed by atoms with E-state index in [1.807, 2.05) is 33.8 Å². The van der Waals surface area contributed by atoms with Gasteiger partial charge < -0.3 is 10.2 Å². The number of rotatable bonds is 11. The van der Waals surface area contributed by atoms with Crippen LogP contribution in [0.3, 0.4) is 0 Å². The molecule has 0 spiro atoms. The summed E-state index contributed by atoms with van der Waals surface area (Å²) in [7, 11) is -4.09. The summed E-state index contributed by atoms with van der Waals surface area (Å²) in [6.07, 6.45) is 0.361. The smallest absolute Gasteiger partial charge is 0.264 e. The summed E-state index contributed by atoms with van der Waals surface area (Å²) in [5, 5.41) is 3.35. The zero-order valence-corrected chi connectivity index (χ0v) is 23.7. The minimum Gasteiger partial charge on any atom is -0.355 e. The molecule has 2 amide bonds. The highest BCUT2D eigenvalue weighted by molar-refractivity contribution is 7.92. The second kappa shape index (κ2) is 12.9. The first-order chi connectivity index (χ1) is 18.1. The lowest BCUT2D eigenvalue weighted by atomic mass is 10.1. The van der Waals surface area contributed by atoms with Crippen molar-refractivity contribution in [3.63, 3.8) is 0 Å².